The Morgan fingerprint density at radius 3 is 2.78 bits per heavy atom. The Kier molecular flexibility index (Phi) is 7.01. The Labute approximate surface area is 215 Å². The van der Waals surface area contributed by atoms with Crippen molar-refractivity contribution in [2.75, 3.05) is 5.32 Å². The van der Waals surface area contributed by atoms with E-state index >= 15 is 0 Å². The summed E-state index contributed by atoms with van der Waals surface area (Å²) in [6, 6.07) is 6.31. The lowest BCUT2D eigenvalue weighted by atomic mass is 10.00. The van der Waals surface area contributed by atoms with E-state index in [1.165, 1.54) is 5.56 Å². The summed E-state index contributed by atoms with van der Waals surface area (Å²) in [7, 11) is 0. The number of carboxylic acid groups (broad SMARTS) is 1. The third-order valence-electron chi connectivity index (χ3n) is 7.08. The second kappa shape index (κ2) is 10.4. The van der Waals surface area contributed by atoms with Crippen LogP contribution >= 0.6 is 0 Å². The van der Waals surface area contributed by atoms with Crippen molar-refractivity contribution < 1.29 is 24.3 Å². The highest BCUT2D eigenvalue weighted by molar-refractivity contribution is 5.90. The zero-order valence-electron chi connectivity index (χ0n) is 21.4. The first kappa shape index (κ1) is 25.0. The predicted octanol–water partition coefficient (Wildman–Crippen LogP) is 3.86. The lowest BCUT2D eigenvalue weighted by Gasteiger charge is -2.27. The lowest BCUT2D eigenvalue weighted by Crippen LogP contribution is -2.49. The van der Waals surface area contributed by atoms with Crippen molar-refractivity contribution in [3.8, 4) is 5.88 Å². The molecule has 2 aromatic heterocycles. The minimum absolute atomic E-state index is 0.0170. The van der Waals surface area contributed by atoms with Gasteiger partial charge < -0.3 is 15.2 Å². The standard InChI is InChI=1S/C27H33N5O5/c1-4-17-14-28-25-20-11-16(9-10-19(17)20)7-5-6-8-18-12-22(31-30-18)29-24(15(2)3)26(33)32-21(27(34)35)13-23(36-25)37-32/h9-12,14-15,21,23-24H,4-8,13H2,1-3H3,(H,34,35)(H2,29,30,31)/t21-,23+,24-/m0/s1. The van der Waals surface area contributed by atoms with Crippen LogP contribution in [0.3, 0.4) is 0 Å². The molecule has 10 nitrogen and oxygen atoms in total. The molecule has 10 heteroatoms. The normalized spacial score (nSPS) is 22.5. The van der Waals surface area contributed by atoms with Crippen LogP contribution in [0.1, 0.15) is 56.9 Å². The zero-order chi connectivity index (χ0) is 26.1. The third kappa shape index (κ3) is 5.11. The predicted molar refractivity (Wildman–Crippen MR) is 137 cm³/mol. The van der Waals surface area contributed by atoms with Crippen LogP contribution < -0.4 is 10.1 Å². The van der Waals surface area contributed by atoms with E-state index in [0.717, 1.165) is 59.2 Å². The van der Waals surface area contributed by atoms with Gasteiger partial charge in [-0.1, -0.05) is 32.9 Å². The summed E-state index contributed by atoms with van der Waals surface area (Å²) in [6.07, 6.45) is 5.33. The van der Waals surface area contributed by atoms with E-state index in [-0.39, 0.29) is 12.3 Å². The average molecular weight is 508 g/mol. The molecule has 1 fully saturated rings. The van der Waals surface area contributed by atoms with Crippen LogP contribution in [-0.4, -0.2) is 55.6 Å². The minimum atomic E-state index is -1.19. The fourth-order valence-electron chi connectivity index (χ4n) is 5.00. The number of rotatable bonds is 3. The van der Waals surface area contributed by atoms with Gasteiger partial charge in [-0.25, -0.2) is 19.7 Å². The molecule has 2 aliphatic heterocycles. The largest absolute Gasteiger partial charge is 0.480 e. The number of carbonyl (C=O) groups is 2. The number of amides is 1. The number of carbonyl (C=O) groups excluding carboxylic acids is 1. The number of carboxylic acids is 1. The number of hydrogen-bond acceptors (Lipinski definition) is 7. The Morgan fingerprint density at radius 2 is 2.03 bits per heavy atom. The maximum absolute atomic E-state index is 13.6. The van der Waals surface area contributed by atoms with E-state index in [1.54, 1.807) is 6.20 Å². The maximum Gasteiger partial charge on any atom is 0.329 e. The highest BCUT2D eigenvalue weighted by Crippen LogP contribution is 2.32. The third-order valence-corrected chi connectivity index (χ3v) is 7.08. The minimum Gasteiger partial charge on any atom is -0.480 e. The van der Waals surface area contributed by atoms with Crippen molar-refractivity contribution in [3.05, 3.63) is 47.3 Å². The molecule has 0 radical (unpaired) electrons. The van der Waals surface area contributed by atoms with Crippen LogP contribution in [0.25, 0.3) is 10.8 Å². The number of aliphatic carboxylic acids is 1. The first-order valence-corrected chi connectivity index (χ1v) is 12.9. The highest BCUT2D eigenvalue weighted by Gasteiger charge is 2.45. The average Bonchev–Trinajstić information content (AvgIpc) is 3.51. The molecule has 6 bridgehead atoms. The van der Waals surface area contributed by atoms with Gasteiger partial charge in [0.05, 0.1) is 0 Å². The van der Waals surface area contributed by atoms with Crippen molar-refractivity contribution in [1.82, 2.24) is 20.2 Å². The van der Waals surface area contributed by atoms with Crippen molar-refractivity contribution in [2.24, 2.45) is 5.92 Å². The van der Waals surface area contributed by atoms with E-state index < -0.39 is 30.3 Å². The summed E-state index contributed by atoms with van der Waals surface area (Å²) < 4.78 is 6.14. The van der Waals surface area contributed by atoms with Gasteiger partial charge in [0.25, 0.3) is 5.91 Å². The van der Waals surface area contributed by atoms with Crippen molar-refractivity contribution in [3.63, 3.8) is 0 Å². The molecule has 1 amide bonds. The van der Waals surface area contributed by atoms with Gasteiger partial charge in [-0.05, 0) is 60.6 Å². The molecule has 3 atom stereocenters. The number of nitrogens with zero attached hydrogens (tertiary/aromatic N) is 3. The Bertz CT molecular complexity index is 1310. The number of aryl methyl sites for hydroxylation is 3. The van der Waals surface area contributed by atoms with Crippen LogP contribution in [0.15, 0.2) is 30.5 Å². The molecule has 0 unspecified atom stereocenters. The van der Waals surface area contributed by atoms with Crippen LogP contribution in [0.5, 0.6) is 5.88 Å². The zero-order valence-corrected chi connectivity index (χ0v) is 21.4. The van der Waals surface area contributed by atoms with Gasteiger partial charge in [0.1, 0.15) is 11.9 Å². The van der Waals surface area contributed by atoms with E-state index in [2.05, 4.69) is 45.6 Å². The second-order valence-electron chi connectivity index (χ2n) is 10.1. The molecule has 37 heavy (non-hydrogen) atoms. The number of fused-ring (bicyclic) bond motifs is 5. The Hall–Kier alpha value is -3.66. The van der Waals surface area contributed by atoms with Gasteiger partial charge in [-0.2, -0.15) is 5.10 Å². The Morgan fingerprint density at radius 1 is 1.22 bits per heavy atom. The summed E-state index contributed by atoms with van der Waals surface area (Å²) in [6.45, 7) is 5.85. The topological polar surface area (TPSA) is 130 Å². The van der Waals surface area contributed by atoms with E-state index in [4.69, 9.17) is 9.57 Å². The number of aromatic amines is 1. The molecular weight excluding hydrogens is 474 g/mol. The maximum atomic E-state index is 13.6. The van der Waals surface area contributed by atoms with Crippen molar-refractivity contribution in [1.29, 1.82) is 0 Å². The molecule has 1 saturated heterocycles. The summed E-state index contributed by atoms with van der Waals surface area (Å²) in [5, 5.41) is 23.3. The number of ether oxygens (including phenoxy) is 1. The van der Waals surface area contributed by atoms with E-state index in [0.29, 0.717) is 11.7 Å². The van der Waals surface area contributed by atoms with E-state index in [9.17, 15) is 14.7 Å². The van der Waals surface area contributed by atoms with Crippen molar-refractivity contribution in [2.45, 2.75) is 77.7 Å². The fourth-order valence-corrected chi connectivity index (χ4v) is 5.00. The van der Waals surface area contributed by atoms with Gasteiger partial charge in [-0.15, -0.1) is 0 Å². The number of nitrogens with one attached hydrogen (secondary N) is 2. The number of hydrogen-bond donors (Lipinski definition) is 3. The molecule has 0 saturated carbocycles. The first-order chi connectivity index (χ1) is 17.8. The molecular formula is C27H33N5O5. The van der Waals surface area contributed by atoms with Gasteiger partial charge in [0.15, 0.2) is 6.04 Å². The summed E-state index contributed by atoms with van der Waals surface area (Å²) >= 11 is 0. The molecule has 0 spiro atoms. The van der Waals surface area contributed by atoms with Gasteiger partial charge >= 0.3 is 5.97 Å². The number of H-pyrrole nitrogens is 1. The second-order valence-corrected chi connectivity index (χ2v) is 10.1. The SMILES string of the molecule is CCc1cnc2c3cc(ccc13)CCCCc1cc(n[nH]1)N[C@@H](C(C)C)C(=O)N1O[C@H](C[C@H]1C(=O)O)O2. The van der Waals surface area contributed by atoms with Crippen LogP contribution in [-0.2, 0) is 33.7 Å². The number of pyridine rings is 1. The number of aromatic nitrogens is 3. The summed E-state index contributed by atoms with van der Waals surface area (Å²) in [4.78, 5) is 36.1. The lowest BCUT2D eigenvalue weighted by molar-refractivity contribution is -0.219. The highest BCUT2D eigenvalue weighted by atomic mass is 16.8. The van der Waals surface area contributed by atoms with Gasteiger partial charge in [-0.3, -0.25) is 9.89 Å². The molecule has 4 heterocycles. The van der Waals surface area contributed by atoms with Crippen molar-refractivity contribution >= 4 is 28.5 Å². The quantitative estimate of drug-likeness (QED) is 0.487. The molecule has 3 N–H and O–H groups in total. The van der Waals surface area contributed by atoms with Gasteiger partial charge in [0.2, 0.25) is 12.2 Å². The summed E-state index contributed by atoms with van der Waals surface area (Å²) in [5.74, 6) is -0.880. The molecule has 196 valence electrons. The molecule has 3 aromatic rings. The van der Waals surface area contributed by atoms with E-state index in [1.807, 2.05) is 19.9 Å². The van der Waals surface area contributed by atoms with Gasteiger partial charge in [0, 0.05) is 29.8 Å². The number of anilines is 1. The smallest absolute Gasteiger partial charge is 0.329 e. The molecule has 1 aromatic carbocycles. The van der Waals surface area contributed by atoms with Crippen LogP contribution in [0.2, 0.25) is 0 Å². The number of hydroxylamine groups is 2. The first-order valence-electron chi connectivity index (χ1n) is 12.9. The summed E-state index contributed by atoms with van der Waals surface area (Å²) in [5.41, 5.74) is 3.25. The van der Waals surface area contributed by atoms with Crippen LogP contribution in [0, 0.1) is 5.92 Å². The number of benzene rings is 1. The molecule has 0 aliphatic carbocycles. The fraction of sp³-hybridized carbons (Fsp3) is 0.481. The molecule has 2 aliphatic rings. The Balaban J connectivity index is 1.54. The molecule has 5 rings (SSSR count). The van der Waals surface area contributed by atoms with Crippen LogP contribution in [0.4, 0.5) is 5.82 Å². The monoisotopic (exact) mass is 507 g/mol.